The normalized spacial score (nSPS) is 10.7. The third kappa shape index (κ3) is 6.87. The molecule has 0 saturated heterocycles. The molecule has 0 aliphatic heterocycles. The first kappa shape index (κ1) is 24.4. The number of para-hydroxylation sites is 1. The van der Waals surface area contributed by atoms with Gasteiger partial charge in [0.25, 0.3) is 5.91 Å². The molecule has 2 aromatic carbocycles. The summed E-state index contributed by atoms with van der Waals surface area (Å²) in [5.74, 6) is 0.754. The molecule has 180 valence electrons. The number of anilines is 1. The number of aromatic nitrogens is 5. The number of nitrogens with zero attached hydrogens (tertiary/aromatic N) is 5. The number of carbonyl (C=O) groups excluding carboxylic acids is 2. The van der Waals surface area contributed by atoms with E-state index in [0.717, 1.165) is 16.3 Å². The second kappa shape index (κ2) is 11.6. The van der Waals surface area contributed by atoms with Gasteiger partial charge in [-0.3, -0.25) is 19.5 Å². The van der Waals surface area contributed by atoms with Crippen LogP contribution in [0.3, 0.4) is 0 Å². The number of nitrogens with one attached hydrogen (secondary N) is 2. The van der Waals surface area contributed by atoms with Gasteiger partial charge in [-0.2, -0.15) is 0 Å². The molecule has 2 amide bonds. The van der Waals surface area contributed by atoms with Crippen LogP contribution in [-0.4, -0.2) is 49.1 Å². The lowest BCUT2D eigenvalue weighted by molar-refractivity contribution is -0.123. The largest absolute Gasteiger partial charge is 0.484 e. The highest BCUT2D eigenvalue weighted by Crippen LogP contribution is 2.23. The van der Waals surface area contributed by atoms with Crippen molar-refractivity contribution in [3.05, 3.63) is 71.0 Å². The minimum atomic E-state index is -0.284. The molecular weight excluding hydrogens is 486 g/mol. The van der Waals surface area contributed by atoms with Crippen molar-refractivity contribution in [1.29, 1.82) is 0 Å². The Morgan fingerprint density at radius 1 is 1.00 bits per heavy atom. The van der Waals surface area contributed by atoms with Crippen molar-refractivity contribution < 1.29 is 14.3 Å². The van der Waals surface area contributed by atoms with Gasteiger partial charge in [0.15, 0.2) is 17.6 Å². The van der Waals surface area contributed by atoms with Gasteiger partial charge in [-0.05, 0) is 43.7 Å². The second-order valence-corrected chi connectivity index (χ2v) is 9.54. The second-order valence-electron chi connectivity index (χ2n) is 7.41. The molecule has 0 fully saturated rings. The zero-order chi connectivity index (χ0) is 24.6. The molecule has 0 aliphatic rings. The predicted molar refractivity (Wildman–Crippen MR) is 134 cm³/mol. The van der Waals surface area contributed by atoms with Crippen LogP contribution in [-0.2, 0) is 16.1 Å². The lowest BCUT2D eigenvalue weighted by Gasteiger charge is -2.12. The maximum atomic E-state index is 12.4. The lowest BCUT2D eigenvalue weighted by atomic mass is 10.2. The summed E-state index contributed by atoms with van der Waals surface area (Å²) in [7, 11) is 0. The molecule has 12 heteroatoms. The van der Waals surface area contributed by atoms with Gasteiger partial charge >= 0.3 is 0 Å². The van der Waals surface area contributed by atoms with Crippen molar-refractivity contribution in [2.75, 3.05) is 17.7 Å². The van der Waals surface area contributed by atoms with Crippen molar-refractivity contribution in [1.82, 2.24) is 30.3 Å². The van der Waals surface area contributed by atoms with E-state index in [9.17, 15) is 9.59 Å². The van der Waals surface area contributed by atoms with E-state index in [-0.39, 0.29) is 30.7 Å². The molecule has 2 aromatic heterocycles. The van der Waals surface area contributed by atoms with Gasteiger partial charge in [-0.1, -0.05) is 53.4 Å². The summed E-state index contributed by atoms with van der Waals surface area (Å²) < 4.78 is 7.33. The molecule has 4 aromatic rings. The Hall–Kier alpha value is -3.77. The maximum absolute atomic E-state index is 12.4. The topological polar surface area (TPSA) is 124 Å². The first-order chi connectivity index (χ1) is 17.0. The highest BCUT2D eigenvalue weighted by atomic mass is 32.2. The lowest BCUT2D eigenvalue weighted by Crippen LogP contribution is -2.29. The van der Waals surface area contributed by atoms with Crippen molar-refractivity contribution in [2.45, 2.75) is 25.5 Å². The molecule has 0 unspecified atom stereocenters. The first-order valence-corrected chi connectivity index (χ1v) is 12.5. The Labute approximate surface area is 210 Å². The molecule has 10 nitrogen and oxygen atoms in total. The molecule has 0 aliphatic carbocycles. The molecule has 2 heterocycles. The highest BCUT2D eigenvalue weighted by Gasteiger charge is 2.17. The Kier molecular flexibility index (Phi) is 8.06. The van der Waals surface area contributed by atoms with E-state index in [4.69, 9.17) is 4.74 Å². The summed E-state index contributed by atoms with van der Waals surface area (Å²) in [5, 5.41) is 23.6. The maximum Gasteiger partial charge on any atom is 0.258 e. The van der Waals surface area contributed by atoms with Crippen LogP contribution in [0.1, 0.15) is 16.4 Å². The third-order valence-corrected chi connectivity index (χ3v) is 6.30. The van der Waals surface area contributed by atoms with Crippen molar-refractivity contribution >= 4 is 40.0 Å². The minimum Gasteiger partial charge on any atom is -0.484 e. The molecule has 35 heavy (non-hydrogen) atoms. The molecule has 2 N–H and O–H groups in total. The molecule has 0 atom stereocenters. The summed E-state index contributed by atoms with van der Waals surface area (Å²) in [6.07, 6.45) is 0. The first-order valence-electron chi connectivity index (χ1n) is 10.7. The quantitative estimate of drug-likeness (QED) is 0.313. The number of thioether (sulfide) groups is 1. The van der Waals surface area contributed by atoms with Gasteiger partial charge in [-0.25, -0.2) is 0 Å². The van der Waals surface area contributed by atoms with Crippen LogP contribution in [0.5, 0.6) is 5.75 Å². The van der Waals surface area contributed by atoms with Gasteiger partial charge < -0.3 is 10.1 Å². The van der Waals surface area contributed by atoms with Gasteiger partial charge in [0.1, 0.15) is 10.8 Å². The van der Waals surface area contributed by atoms with Crippen LogP contribution in [0.2, 0.25) is 0 Å². The van der Waals surface area contributed by atoms with Crippen LogP contribution in [0.15, 0.2) is 59.8 Å². The monoisotopic (exact) mass is 509 g/mol. The number of amides is 2. The van der Waals surface area contributed by atoms with E-state index in [1.807, 2.05) is 60.9 Å². The number of carbonyl (C=O) groups is 2. The number of aryl methyl sites for hydroxylation is 2. The van der Waals surface area contributed by atoms with Gasteiger partial charge in [0, 0.05) is 5.69 Å². The Balaban J connectivity index is 1.43. The van der Waals surface area contributed by atoms with Crippen molar-refractivity contribution in [3.8, 4) is 11.4 Å². The fourth-order valence-corrected chi connectivity index (χ4v) is 4.44. The number of ether oxygens (including phenoxy) is 1. The molecule has 0 radical (unpaired) electrons. The summed E-state index contributed by atoms with van der Waals surface area (Å²) in [4.78, 5) is 24.7. The highest BCUT2D eigenvalue weighted by molar-refractivity contribution is 7.99. The van der Waals surface area contributed by atoms with Gasteiger partial charge in [0.2, 0.25) is 11.0 Å². The fourth-order valence-electron chi connectivity index (χ4n) is 3.06. The summed E-state index contributed by atoms with van der Waals surface area (Å²) in [6, 6.07) is 17.0. The fraction of sp³-hybridized carbons (Fsp3) is 0.217. The van der Waals surface area contributed by atoms with E-state index in [1.54, 1.807) is 12.1 Å². The average Bonchev–Trinajstić information content (AvgIpc) is 3.46. The summed E-state index contributed by atoms with van der Waals surface area (Å²) in [5.41, 5.74) is 1.89. The number of rotatable bonds is 10. The predicted octanol–water partition coefficient (Wildman–Crippen LogP) is 3.16. The van der Waals surface area contributed by atoms with Crippen molar-refractivity contribution in [3.63, 3.8) is 0 Å². The Bertz CT molecular complexity index is 1310. The molecule has 0 saturated carbocycles. The van der Waals surface area contributed by atoms with Crippen LogP contribution in [0.25, 0.3) is 5.69 Å². The summed E-state index contributed by atoms with van der Waals surface area (Å²) in [6.45, 7) is 3.84. The zero-order valence-corrected chi connectivity index (χ0v) is 20.7. The van der Waals surface area contributed by atoms with E-state index < -0.39 is 0 Å². The Morgan fingerprint density at radius 3 is 2.57 bits per heavy atom. The van der Waals surface area contributed by atoms with E-state index >= 15 is 0 Å². The van der Waals surface area contributed by atoms with Crippen LogP contribution >= 0.6 is 23.1 Å². The van der Waals surface area contributed by atoms with Crippen LogP contribution in [0, 0.1) is 13.8 Å². The van der Waals surface area contributed by atoms with Gasteiger partial charge in [0.05, 0.1) is 12.3 Å². The number of hydrogen-bond donors (Lipinski definition) is 2. The molecular formula is C23H23N7O3S2. The molecule has 4 rings (SSSR count). The third-order valence-electron chi connectivity index (χ3n) is 4.62. The molecule has 0 spiro atoms. The summed E-state index contributed by atoms with van der Waals surface area (Å²) >= 11 is 2.55. The smallest absolute Gasteiger partial charge is 0.258 e. The number of hydrogen-bond acceptors (Lipinski definition) is 9. The average molecular weight is 510 g/mol. The SMILES string of the molecule is Cc1cccc(-n2c(CNC(=O)COc3ccccc3)nnc2SCC(=O)Nc2nnc(C)s2)c1. The zero-order valence-electron chi connectivity index (χ0n) is 19.1. The van der Waals surface area contributed by atoms with Crippen LogP contribution in [0.4, 0.5) is 5.13 Å². The van der Waals surface area contributed by atoms with E-state index in [0.29, 0.717) is 21.9 Å². The van der Waals surface area contributed by atoms with Crippen LogP contribution < -0.4 is 15.4 Å². The van der Waals surface area contributed by atoms with E-state index in [2.05, 4.69) is 31.0 Å². The molecule has 0 bridgehead atoms. The van der Waals surface area contributed by atoms with Gasteiger partial charge in [-0.15, -0.1) is 20.4 Å². The number of benzene rings is 2. The Morgan fingerprint density at radius 2 is 1.83 bits per heavy atom. The standard InChI is InChI=1S/C23H23N7O3S2/c1-15-7-6-8-17(11-15)30-19(12-24-20(31)13-33-18-9-4-3-5-10-18)27-29-23(30)34-14-21(32)25-22-28-26-16(2)35-22/h3-11H,12-14H2,1-2H3,(H,24,31)(H,25,28,32). The van der Waals surface area contributed by atoms with Crippen molar-refractivity contribution in [2.24, 2.45) is 0 Å². The van der Waals surface area contributed by atoms with E-state index in [1.165, 1.54) is 23.1 Å². The minimum absolute atomic E-state index is 0.111.